The van der Waals surface area contributed by atoms with Gasteiger partial charge in [0.2, 0.25) is 5.91 Å². The lowest BCUT2D eigenvalue weighted by Gasteiger charge is -2.28. The van der Waals surface area contributed by atoms with Gasteiger partial charge >= 0.3 is 18.1 Å². The van der Waals surface area contributed by atoms with Crippen LogP contribution in [0.3, 0.4) is 0 Å². The van der Waals surface area contributed by atoms with Crippen LogP contribution in [0.2, 0.25) is 0 Å². The monoisotopic (exact) mass is 531 g/mol. The van der Waals surface area contributed by atoms with Crippen LogP contribution in [0, 0.1) is 0 Å². The van der Waals surface area contributed by atoms with Crippen LogP contribution >= 0.6 is 0 Å². The van der Waals surface area contributed by atoms with Crippen molar-refractivity contribution >= 4 is 30.0 Å². The molecule has 1 aromatic carbocycles. The number of fused-ring (bicyclic) bond motifs is 1. The Morgan fingerprint density at radius 3 is 2.46 bits per heavy atom. The zero-order chi connectivity index (χ0) is 27.6. The summed E-state index contributed by atoms with van der Waals surface area (Å²) < 4.78 is 49.7. The van der Waals surface area contributed by atoms with Crippen molar-refractivity contribution in [1.29, 1.82) is 0 Å². The zero-order valence-electron chi connectivity index (χ0n) is 20.3. The van der Waals surface area contributed by atoms with Crippen molar-refractivity contribution in [1.82, 2.24) is 15.7 Å². The molecule has 0 radical (unpaired) electrons. The highest BCUT2D eigenvalue weighted by molar-refractivity contribution is 5.83. The van der Waals surface area contributed by atoms with Crippen LogP contribution in [0.15, 0.2) is 18.2 Å². The fourth-order valence-electron chi connectivity index (χ4n) is 3.44. The number of likely N-dealkylation sites (N-methyl/N-ethyl adjacent to an activating group) is 1. The van der Waals surface area contributed by atoms with E-state index in [1.807, 2.05) is 5.48 Å². The molecular weight excluding hydrogens is 503 g/mol. The van der Waals surface area contributed by atoms with E-state index in [-0.39, 0.29) is 45.2 Å². The number of nitrogens with zero attached hydrogens (tertiary/aromatic N) is 1. The molecule has 2 N–H and O–H groups in total. The van der Waals surface area contributed by atoms with Gasteiger partial charge in [0.15, 0.2) is 11.5 Å². The maximum absolute atomic E-state index is 12.8. The zero-order valence-corrected chi connectivity index (χ0v) is 20.3. The fourth-order valence-corrected chi connectivity index (χ4v) is 3.44. The van der Waals surface area contributed by atoms with Gasteiger partial charge in [0.05, 0.1) is 13.0 Å². The van der Waals surface area contributed by atoms with Crippen LogP contribution in [-0.2, 0) is 35.2 Å². The van der Waals surface area contributed by atoms with Gasteiger partial charge in [0, 0.05) is 31.8 Å². The van der Waals surface area contributed by atoms with Gasteiger partial charge < -0.3 is 29.3 Å². The lowest BCUT2D eigenvalue weighted by atomic mass is 10.0. The number of benzene rings is 1. The molecule has 1 aliphatic heterocycles. The van der Waals surface area contributed by atoms with Gasteiger partial charge in [-0.25, -0.2) is 4.79 Å². The van der Waals surface area contributed by atoms with E-state index in [1.54, 1.807) is 18.2 Å². The Morgan fingerprint density at radius 2 is 1.81 bits per heavy atom. The molecule has 3 amide bonds. The third-order valence-corrected chi connectivity index (χ3v) is 5.22. The molecule has 0 saturated carbocycles. The number of halogens is 3. The highest BCUT2D eigenvalue weighted by atomic mass is 19.4. The van der Waals surface area contributed by atoms with Crippen LogP contribution in [0.25, 0.3) is 0 Å². The molecule has 1 aromatic rings. The molecule has 204 valence electrons. The van der Waals surface area contributed by atoms with Crippen molar-refractivity contribution in [3.8, 4) is 11.5 Å². The number of hydrogen-bond donors (Lipinski definition) is 2. The molecule has 0 aliphatic carbocycles. The lowest BCUT2D eigenvalue weighted by molar-refractivity contribution is -0.187. The van der Waals surface area contributed by atoms with Gasteiger partial charge in [-0.15, -0.1) is 0 Å². The van der Waals surface area contributed by atoms with Gasteiger partial charge in [-0.3, -0.25) is 14.4 Å². The number of hydrogen-bond acceptors (Lipinski definition) is 8. The van der Waals surface area contributed by atoms with Gasteiger partial charge in [-0.1, -0.05) is 6.07 Å². The molecule has 0 saturated heterocycles. The minimum Gasteiger partial charge on any atom is -0.449 e. The molecule has 1 aliphatic rings. The van der Waals surface area contributed by atoms with Gasteiger partial charge in [-0.2, -0.15) is 18.7 Å². The van der Waals surface area contributed by atoms with E-state index >= 15 is 0 Å². The first kappa shape index (κ1) is 29.4. The minimum atomic E-state index is -4.95. The first-order valence-corrected chi connectivity index (χ1v) is 11.5. The van der Waals surface area contributed by atoms with Crippen LogP contribution in [0.1, 0.15) is 45.1 Å². The van der Waals surface area contributed by atoms with E-state index < -0.39 is 42.2 Å². The largest absolute Gasteiger partial charge is 0.471 e. The van der Waals surface area contributed by atoms with E-state index in [0.29, 0.717) is 23.3 Å². The molecule has 0 fully saturated rings. The summed E-state index contributed by atoms with van der Waals surface area (Å²) in [6.45, 7) is 2.84. The lowest BCUT2D eigenvalue weighted by Crippen LogP contribution is -2.46. The Hall–Kier alpha value is -3.84. The smallest absolute Gasteiger partial charge is 0.449 e. The van der Waals surface area contributed by atoms with E-state index in [9.17, 15) is 37.1 Å². The molecule has 0 spiro atoms. The van der Waals surface area contributed by atoms with Crippen LogP contribution in [0.5, 0.6) is 11.5 Å². The fraction of sp³-hybridized carbons (Fsp3) is 0.522. The maximum atomic E-state index is 12.8. The molecule has 37 heavy (non-hydrogen) atoms. The van der Waals surface area contributed by atoms with E-state index in [0.717, 1.165) is 4.90 Å². The Bertz CT molecular complexity index is 1000. The van der Waals surface area contributed by atoms with Crippen LogP contribution in [-0.4, -0.2) is 66.5 Å². The summed E-state index contributed by atoms with van der Waals surface area (Å²) in [5.74, 6) is -3.17. The molecule has 0 aromatic heterocycles. The van der Waals surface area contributed by atoms with E-state index in [1.165, 1.54) is 13.8 Å². The topological polar surface area (TPSA) is 140 Å². The molecular formula is C23H28F3N3O8. The first-order valence-electron chi connectivity index (χ1n) is 11.5. The number of alkyl halides is 3. The Labute approximate surface area is 210 Å². The van der Waals surface area contributed by atoms with Crippen molar-refractivity contribution < 1.29 is 51.5 Å². The average Bonchev–Trinajstić information content (AvgIpc) is 3.25. The molecule has 0 bridgehead atoms. The van der Waals surface area contributed by atoms with Crippen LogP contribution in [0.4, 0.5) is 13.2 Å². The number of carbonyl (C=O) groups is 5. The molecule has 11 nitrogen and oxygen atoms in total. The number of ether oxygens (including phenoxy) is 2. The predicted octanol–water partition coefficient (Wildman–Crippen LogP) is 1.58. The standard InChI is InChI=1S/C23H28F3N3O8/c1-3-29(22(34)23(24,25)26)14(2)11-15-6-7-16-17(12-15)36-21(35-16)13-27-18(31)8-9-20(33)37-28-19(32)5-4-10-30/h6-7,10,12,14,21H,3-5,8-9,11,13H2,1-2H3,(H,27,31)(H,28,32). The molecule has 2 unspecified atom stereocenters. The quantitative estimate of drug-likeness (QED) is 0.306. The van der Waals surface area contributed by atoms with Gasteiger partial charge in [-0.05, 0) is 38.0 Å². The van der Waals surface area contributed by atoms with E-state index in [2.05, 4.69) is 10.2 Å². The second-order valence-electron chi connectivity index (χ2n) is 8.10. The SMILES string of the molecule is CCN(C(=O)C(F)(F)F)C(C)Cc1ccc2c(c1)OC(CNC(=O)CCC(=O)ONC(=O)CCC=O)O2. The minimum absolute atomic E-state index is 0.0121. The van der Waals surface area contributed by atoms with Crippen molar-refractivity contribution in [2.24, 2.45) is 0 Å². The van der Waals surface area contributed by atoms with Crippen LogP contribution < -0.4 is 20.3 Å². The summed E-state index contributed by atoms with van der Waals surface area (Å²) in [4.78, 5) is 61.9. The number of rotatable bonds is 12. The number of nitrogens with one attached hydrogen (secondary N) is 2. The van der Waals surface area contributed by atoms with E-state index in [4.69, 9.17) is 9.47 Å². The summed E-state index contributed by atoms with van der Waals surface area (Å²) in [5.41, 5.74) is 2.51. The van der Waals surface area contributed by atoms with Crippen molar-refractivity contribution in [3.05, 3.63) is 23.8 Å². The number of aldehydes is 1. The number of carbonyl (C=O) groups excluding carboxylic acids is 5. The highest BCUT2D eigenvalue weighted by Crippen LogP contribution is 2.35. The third-order valence-electron chi connectivity index (χ3n) is 5.22. The molecule has 14 heteroatoms. The van der Waals surface area contributed by atoms with Crippen molar-refractivity contribution in [2.75, 3.05) is 13.1 Å². The Balaban J connectivity index is 1.77. The van der Waals surface area contributed by atoms with Crippen molar-refractivity contribution in [2.45, 2.75) is 64.5 Å². The summed E-state index contributed by atoms with van der Waals surface area (Å²) in [7, 11) is 0. The predicted molar refractivity (Wildman–Crippen MR) is 120 cm³/mol. The highest BCUT2D eigenvalue weighted by Gasteiger charge is 2.43. The number of hydroxylamine groups is 1. The van der Waals surface area contributed by atoms with Gasteiger partial charge in [0.1, 0.15) is 6.29 Å². The summed E-state index contributed by atoms with van der Waals surface area (Å²) in [6.07, 6.45) is -5.79. The Morgan fingerprint density at radius 1 is 1.11 bits per heavy atom. The maximum Gasteiger partial charge on any atom is 0.471 e. The van der Waals surface area contributed by atoms with Crippen molar-refractivity contribution in [3.63, 3.8) is 0 Å². The summed E-state index contributed by atoms with van der Waals surface area (Å²) >= 11 is 0. The van der Waals surface area contributed by atoms with Gasteiger partial charge in [0.25, 0.3) is 12.2 Å². The summed E-state index contributed by atoms with van der Waals surface area (Å²) in [5, 5.41) is 2.53. The third kappa shape index (κ3) is 9.28. The molecule has 1 heterocycles. The molecule has 2 rings (SSSR count). The second-order valence-corrected chi connectivity index (χ2v) is 8.10. The summed E-state index contributed by atoms with van der Waals surface area (Å²) in [6, 6.07) is 4.11. The Kier molecular flexibility index (Phi) is 10.7. The first-order chi connectivity index (χ1) is 17.4. The molecule has 2 atom stereocenters. The normalized spacial score (nSPS) is 14.9. The average molecular weight is 531 g/mol. The number of amides is 3. The second kappa shape index (κ2) is 13.5.